The fourth-order valence-corrected chi connectivity index (χ4v) is 13.1. The van der Waals surface area contributed by atoms with Crippen LogP contribution in [-0.4, -0.2) is 68.3 Å². The summed E-state index contributed by atoms with van der Waals surface area (Å²) in [7, 11) is -8.08. The molecule has 0 atom stereocenters. The molecule has 0 radical (unpaired) electrons. The fourth-order valence-electron chi connectivity index (χ4n) is 10.8. The highest BCUT2D eigenvalue weighted by molar-refractivity contribution is 7.95. The number of hydrogen-bond donors (Lipinski definition) is 4. The lowest BCUT2D eigenvalue weighted by Gasteiger charge is -2.37. The molecule has 4 N–H and O–H groups in total. The SMILES string of the molecule is COc1ccc(C2(c3ccc(Oc4ccc(C(=O)c5ccc(Oc6ccc(C(c7ccccc7)(c7ccccc7)c7ccc(Oc8ccc(C(=O)c9ccc(C)c(S(=O)(=O)O)c9)cc8SOOO)cc7)cc6)c(S(=O)(=O)O)c5)cc4SOOO)cc3)OCCO2)cc1. The lowest BCUT2D eigenvalue weighted by molar-refractivity contribution is -0.432. The van der Waals surface area contributed by atoms with Crippen molar-refractivity contribution in [2.45, 2.75) is 37.7 Å². The molecule has 0 amide bonds. The van der Waals surface area contributed by atoms with Gasteiger partial charge >= 0.3 is 0 Å². The molecule has 0 aromatic heterocycles. The maximum absolute atomic E-state index is 14.2. The van der Waals surface area contributed by atoms with Crippen LogP contribution < -0.4 is 18.9 Å². The molecular weight excluding hydrogens is 1260 g/mol. The van der Waals surface area contributed by atoms with Crippen molar-refractivity contribution in [3.63, 3.8) is 0 Å². The van der Waals surface area contributed by atoms with Gasteiger partial charge in [0.1, 0.15) is 45.1 Å². The van der Waals surface area contributed by atoms with Gasteiger partial charge in [-0.15, -0.1) is 8.67 Å². The molecule has 24 heteroatoms. The number of ketones is 2. The molecule has 92 heavy (non-hydrogen) atoms. The van der Waals surface area contributed by atoms with E-state index in [2.05, 4.69) is 10.1 Å². The molecular formula is C68H52O20S4. The molecule has 20 nitrogen and oxygen atoms in total. The summed E-state index contributed by atoms with van der Waals surface area (Å²) < 4.78 is 117. The normalized spacial score (nSPS) is 13.1. The summed E-state index contributed by atoms with van der Waals surface area (Å²) in [6, 6.07) is 64.1. The van der Waals surface area contributed by atoms with Crippen molar-refractivity contribution in [2.24, 2.45) is 0 Å². The number of carbonyl (C=O) groups is 2. The summed E-state index contributed by atoms with van der Waals surface area (Å²) in [5.41, 5.74) is 3.88. The Balaban J connectivity index is 0.852. The van der Waals surface area contributed by atoms with Gasteiger partial charge in [0.05, 0.1) is 64.5 Å². The second-order valence-corrected chi connectivity index (χ2v) is 24.7. The zero-order chi connectivity index (χ0) is 64.6. The van der Waals surface area contributed by atoms with Gasteiger partial charge in [0.15, 0.2) is 11.6 Å². The van der Waals surface area contributed by atoms with Gasteiger partial charge in [-0.2, -0.15) is 16.8 Å². The Morgan fingerprint density at radius 1 is 0.446 bits per heavy atom. The van der Waals surface area contributed by atoms with Gasteiger partial charge < -0.3 is 28.4 Å². The molecule has 0 spiro atoms. The Morgan fingerprint density at radius 3 is 1.22 bits per heavy atom. The highest BCUT2D eigenvalue weighted by Crippen LogP contribution is 2.48. The largest absolute Gasteiger partial charge is 0.497 e. The van der Waals surface area contributed by atoms with E-state index in [1.165, 1.54) is 67.6 Å². The Labute approximate surface area is 536 Å². The van der Waals surface area contributed by atoms with Gasteiger partial charge in [0.25, 0.3) is 20.2 Å². The first kappa shape index (κ1) is 64.5. The van der Waals surface area contributed by atoms with E-state index in [9.17, 15) is 35.5 Å². The first-order valence-corrected chi connectivity index (χ1v) is 32.0. The van der Waals surface area contributed by atoms with Crippen molar-refractivity contribution < 1.29 is 93.2 Å². The van der Waals surface area contributed by atoms with Crippen LogP contribution in [0.5, 0.6) is 40.2 Å². The summed E-state index contributed by atoms with van der Waals surface area (Å²) in [5.74, 6) is -0.777. The van der Waals surface area contributed by atoms with Crippen LogP contribution in [0.3, 0.4) is 0 Å². The quantitative estimate of drug-likeness (QED) is 0.0103. The molecule has 1 fully saturated rings. The highest BCUT2D eigenvalue weighted by Gasteiger charge is 2.41. The number of benzene rings is 10. The molecule has 0 saturated carbocycles. The Bertz CT molecular complexity index is 4490. The third-order valence-corrected chi connectivity index (χ3v) is 18.1. The predicted molar refractivity (Wildman–Crippen MR) is 335 cm³/mol. The molecule has 10 aromatic carbocycles. The van der Waals surface area contributed by atoms with E-state index in [0.717, 1.165) is 39.9 Å². The van der Waals surface area contributed by atoms with Crippen molar-refractivity contribution in [3.8, 4) is 40.2 Å². The molecule has 1 aliphatic rings. The van der Waals surface area contributed by atoms with Crippen molar-refractivity contribution >= 4 is 55.9 Å². The summed E-state index contributed by atoms with van der Waals surface area (Å²) in [6.07, 6.45) is 0. The number of carbonyl (C=O) groups excluding carboxylic acids is 2. The first-order chi connectivity index (χ1) is 44.4. The summed E-state index contributed by atoms with van der Waals surface area (Å²) in [4.78, 5) is 27.1. The van der Waals surface area contributed by atoms with Crippen LogP contribution in [0.15, 0.2) is 250 Å². The van der Waals surface area contributed by atoms with E-state index in [4.69, 9.17) is 47.6 Å². The third-order valence-electron chi connectivity index (χ3n) is 15.0. The molecule has 468 valence electrons. The lowest BCUT2D eigenvalue weighted by Crippen LogP contribution is -2.30. The van der Waals surface area contributed by atoms with Crippen LogP contribution >= 0.6 is 24.1 Å². The van der Waals surface area contributed by atoms with Crippen molar-refractivity contribution in [3.05, 3.63) is 292 Å². The Morgan fingerprint density at radius 2 is 0.804 bits per heavy atom. The molecule has 1 aliphatic heterocycles. The second kappa shape index (κ2) is 27.8. The summed E-state index contributed by atoms with van der Waals surface area (Å²) in [6.45, 7) is 2.22. The van der Waals surface area contributed by atoms with Gasteiger partial charge in [0.2, 0.25) is 5.79 Å². The lowest BCUT2D eigenvalue weighted by atomic mass is 9.65. The fraction of sp³-hybridized carbons (Fsp3) is 0.0882. The topological polar surface area (TPSA) is 276 Å². The van der Waals surface area contributed by atoms with Gasteiger partial charge in [-0.05, 0) is 168 Å². The van der Waals surface area contributed by atoms with Gasteiger partial charge in [-0.3, -0.25) is 18.7 Å². The van der Waals surface area contributed by atoms with Gasteiger partial charge in [-0.25, -0.2) is 10.5 Å². The van der Waals surface area contributed by atoms with Crippen LogP contribution in [-0.2, 0) is 59.7 Å². The summed E-state index contributed by atoms with van der Waals surface area (Å²) >= 11 is 1.07. The van der Waals surface area contributed by atoms with Crippen molar-refractivity contribution in [1.82, 2.24) is 0 Å². The monoisotopic (exact) mass is 1320 g/mol. The van der Waals surface area contributed by atoms with E-state index < -0.39 is 52.8 Å². The van der Waals surface area contributed by atoms with Gasteiger partial charge in [-0.1, -0.05) is 107 Å². The van der Waals surface area contributed by atoms with E-state index in [1.54, 1.807) is 55.6 Å². The first-order valence-electron chi connectivity index (χ1n) is 27.7. The molecule has 1 saturated heterocycles. The molecule has 0 unspecified atom stereocenters. The van der Waals surface area contributed by atoms with E-state index >= 15 is 0 Å². The van der Waals surface area contributed by atoms with E-state index in [1.807, 2.05) is 109 Å². The van der Waals surface area contributed by atoms with E-state index in [0.29, 0.717) is 60.1 Å². The Hall–Kier alpha value is -9.06. The maximum atomic E-state index is 14.2. The summed E-state index contributed by atoms with van der Waals surface area (Å²) in [5, 5.41) is 25.9. The standard InChI is InChI=1S/C68H52O20S4/c1-43-13-14-46(41-63(43)91(73,74)75)65(69)44-15-34-58(61(39-44)89-87-85-71)82-55-28-18-50(19-29-55)67(48-9-5-3-6-10-48,49-11-7-4-8-12-49)51-20-30-57(31-21-51)84-60-36-17-47(42-64(60)92(76,77)78)66(70)45-16-35-59(62(40-45)90-88-86-72)83-56-32-24-53(25-33-56)68(80-37-38-81-68)52-22-26-54(79-2)27-23-52/h3-36,39-42,71-72H,37-38H2,1-2H3,(H,73,74,75)(H,76,77,78). The molecule has 0 bridgehead atoms. The number of rotatable bonds is 25. The van der Waals surface area contributed by atoms with Gasteiger partial charge in [0, 0.05) is 33.4 Å². The number of methoxy groups -OCH3 is 1. The number of aryl methyl sites for hydroxylation is 1. The van der Waals surface area contributed by atoms with Crippen LogP contribution in [0.1, 0.15) is 70.8 Å². The van der Waals surface area contributed by atoms with Crippen LogP contribution in [0, 0.1) is 6.92 Å². The minimum absolute atomic E-state index is 0.0189. The smallest absolute Gasteiger partial charge is 0.298 e. The van der Waals surface area contributed by atoms with Crippen molar-refractivity contribution in [2.75, 3.05) is 20.3 Å². The van der Waals surface area contributed by atoms with Crippen LogP contribution in [0.4, 0.5) is 0 Å². The predicted octanol–water partition coefficient (Wildman–Crippen LogP) is 14.8. The maximum Gasteiger partial charge on any atom is 0.298 e. The Kier molecular flexibility index (Phi) is 19.5. The highest BCUT2D eigenvalue weighted by atomic mass is 32.2. The molecule has 11 rings (SSSR count). The zero-order valence-electron chi connectivity index (χ0n) is 48.3. The van der Waals surface area contributed by atoms with Crippen LogP contribution in [0.25, 0.3) is 0 Å². The van der Waals surface area contributed by atoms with Crippen LogP contribution in [0.2, 0.25) is 0 Å². The number of hydrogen-bond acceptors (Lipinski definition) is 20. The second-order valence-electron chi connectivity index (χ2n) is 20.4. The number of ether oxygens (including phenoxy) is 6. The minimum atomic E-state index is -5.03. The average molecular weight is 1320 g/mol. The zero-order valence-corrected chi connectivity index (χ0v) is 51.6. The van der Waals surface area contributed by atoms with E-state index in [-0.39, 0.29) is 60.6 Å². The van der Waals surface area contributed by atoms with Crippen molar-refractivity contribution in [1.29, 1.82) is 0 Å². The third kappa shape index (κ3) is 13.8. The minimum Gasteiger partial charge on any atom is -0.497 e. The molecule has 0 aliphatic carbocycles. The molecule has 1 heterocycles. The average Bonchev–Trinajstić information content (AvgIpc) is 0.773. The molecule has 10 aromatic rings.